The molecule has 1 aromatic carbocycles. The molecule has 2 rings (SSSR count). The molecule has 0 saturated heterocycles. The van der Waals surface area contributed by atoms with Crippen molar-refractivity contribution < 1.29 is 28.6 Å². The topological polar surface area (TPSA) is 84.1 Å². The first-order valence-electron chi connectivity index (χ1n) is 5.91. The first-order valence-corrected chi connectivity index (χ1v) is 6.67. The molecule has 2 N–H and O–H groups in total. The van der Waals surface area contributed by atoms with E-state index in [0.29, 0.717) is 4.73 Å². The van der Waals surface area contributed by atoms with Crippen molar-refractivity contribution in [1.82, 2.24) is 4.73 Å². The number of nitrogens with zero attached hydrogens (tertiary/aromatic N) is 2. The highest BCUT2D eigenvalue weighted by molar-refractivity contribution is 6.34. The molecule has 0 aliphatic rings. The van der Waals surface area contributed by atoms with Crippen LogP contribution in [0.3, 0.4) is 0 Å². The molecule has 0 radical (unpaired) electrons. The van der Waals surface area contributed by atoms with E-state index < -0.39 is 24.0 Å². The summed E-state index contributed by atoms with van der Waals surface area (Å²) in [7, 11) is 0. The molecule has 0 unspecified atom stereocenters. The molecule has 23 heavy (non-hydrogen) atoms. The molecule has 0 aliphatic carbocycles. The third-order valence-electron chi connectivity index (χ3n) is 2.58. The fraction of sp³-hybridized carbons (Fsp3) is 0.0769. The minimum absolute atomic E-state index is 0.0870. The molecule has 1 aromatic heterocycles. The van der Waals surface area contributed by atoms with Gasteiger partial charge in [0.2, 0.25) is 0 Å². The SMILES string of the molecule is O=C(N=c1c(Cl)cn(O)cc1Cl)c1ccc(OC(F)F)c(O)c1. The standard InChI is InChI=1S/C13H8Cl2F2N2O4/c14-7-4-19(22)5-8(15)11(7)18-12(21)6-1-2-10(9(20)3-6)23-13(16)17/h1-5,13,20,22H. The van der Waals surface area contributed by atoms with Gasteiger partial charge in [0.25, 0.3) is 5.91 Å². The van der Waals surface area contributed by atoms with E-state index in [-0.39, 0.29) is 21.0 Å². The largest absolute Gasteiger partial charge is 0.504 e. The smallest absolute Gasteiger partial charge is 0.387 e. The van der Waals surface area contributed by atoms with Gasteiger partial charge in [-0.25, -0.2) is 4.99 Å². The molecule has 0 atom stereocenters. The fourth-order valence-electron chi connectivity index (χ4n) is 1.62. The molecule has 0 saturated carbocycles. The Morgan fingerprint density at radius 2 is 1.87 bits per heavy atom. The molecule has 0 bridgehead atoms. The number of carbonyl (C=O) groups excluding carboxylic acids is 1. The Labute approximate surface area is 137 Å². The maximum atomic E-state index is 12.1. The van der Waals surface area contributed by atoms with Crippen LogP contribution in [0.25, 0.3) is 0 Å². The number of benzene rings is 1. The number of rotatable bonds is 3. The first kappa shape index (κ1) is 17.0. The summed E-state index contributed by atoms with van der Waals surface area (Å²) in [5.74, 6) is -1.96. The van der Waals surface area contributed by atoms with Crippen LogP contribution in [0.5, 0.6) is 11.5 Å². The Hall–Kier alpha value is -2.32. The van der Waals surface area contributed by atoms with Crippen LogP contribution in [0.2, 0.25) is 10.0 Å². The highest BCUT2D eigenvalue weighted by Crippen LogP contribution is 2.28. The van der Waals surface area contributed by atoms with E-state index in [1.807, 2.05) is 0 Å². The van der Waals surface area contributed by atoms with Gasteiger partial charge in [-0.1, -0.05) is 23.2 Å². The summed E-state index contributed by atoms with van der Waals surface area (Å²) < 4.78 is 28.8. The van der Waals surface area contributed by atoms with E-state index in [1.165, 1.54) is 0 Å². The number of aromatic hydroxyl groups is 1. The third-order valence-corrected chi connectivity index (χ3v) is 3.13. The van der Waals surface area contributed by atoms with Crippen molar-refractivity contribution in [2.45, 2.75) is 6.61 Å². The number of hydrogen-bond acceptors (Lipinski definition) is 4. The molecule has 122 valence electrons. The Morgan fingerprint density at radius 3 is 2.39 bits per heavy atom. The normalized spacial score (nSPS) is 10.7. The van der Waals surface area contributed by atoms with Crippen molar-refractivity contribution in [3.8, 4) is 11.5 Å². The second-order valence-electron chi connectivity index (χ2n) is 4.16. The number of alkyl halides is 2. The summed E-state index contributed by atoms with van der Waals surface area (Å²) >= 11 is 11.6. The minimum atomic E-state index is -3.11. The van der Waals surface area contributed by atoms with Gasteiger partial charge in [-0.3, -0.25) is 4.79 Å². The van der Waals surface area contributed by atoms with Gasteiger partial charge >= 0.3 is 6.61 Å². The maximum absolute atomic E-state index is 12.1. The van der Waals surface area contributed by atoms with Crippen LogP contribution >= 0.6 is 23.2 Å². The molecule has 6 nitrogen and oxygen atoms in total. The molecular formula is C13H8Cl2F2N2O4. The van der Waals surface area contributed by atoms with E-state index in [1.54, 1.807) is 0 Å². The highest BCUT2D eigenvalue weighted by atomic mass is 35.5. The molecule has 10 heteroatoms. The number of pyridine rings is 1. The van der Waals surface area contributed by atoms with E-state index >= 15 is 0 Å². The van der Waals surface area contributed by atoms with Gasteiger partial charge in [0.1, 0.15) is 5.36 Å². The van der Waals surface area contributed by atoms with E-state index in [9.17, 15) is 23.9 Å². The summed E-state index contributed by atoms with van der Waals surface area (Å²) in [6.07, 6.45) is 2.13. The van der Waals surface area contributed by atoms with Gasteiger partial charge in [-0.2, -0.15) is 13.5 Å². The second kappa shape index (κ2) is 6.84. The lowest BCUT2D eigenvalue weighted by molar-refractivity contribution is -0.0512. The lowest BCUT2D eigenvalue weighted by Crippen LogP contribution is -2.12. The zero-order valence-electron chi connectivity index (χ0n) is 11.1. The van der Waals surface area contributed by atoms with E-state index in [2.05, 4.69) is 9.73 Å². The molecule has 1 heterocycles. The predicted molar refractivity (Wildman–Crippen MR) is 76.3 cm³/mol. The summed E-state index contributed by atoms with van der Waals surface area (Å²) in [5, 5.41) is 18.5. The van der Waals surface area contributed by atoms with Crippen LogP contribution in [0.1, 0.15) is 10.4 Å². The van der Waals surface area contributed by atoms with Gasteiger partial charge in [0.05, 0.1) is 22.4 Å². The van der Waals surface area contributed by atoms with Crippen LogP contribution in [-0.4, -0.2) is 27.6 Å². The zero-order valence-corrected chi connectivity index (χ0v) is 12.6. The molecule has 0 aliphatic heterocycles. The van der Waals surface area contributed by atoms with Crippen molar-refractivity contribution in [2.24, 2.45) is 4.99 Å². The average Bonchev–Trinajstić information content (AvgIpc) is 2.44. The fourth-order valence-corrected chi connectivity index (χ4v) is 2.16. The minimum Gasteiger partial charge on any atom is -0.504 e. The third kappa shape index (κ3) is 4.11. The average molecular weight is 365 g/mol. The van der Waals surface area contributed by atoms with Crippen LogP contribution in [0, 0.1) is 0 Å². The zero-order chi connectivity index (χ0) is 17.1. The predicted octanol–water partition coefficient (Wildman–Crippen LogP) is 3.08. The van der Waals surface area contributed by atoms with Crippen molar-refractivity contribution in [1.29, 1.82) is 0 Å². The van der Waals surface area contributed by atoms with Gasteiger partial charge in [-0.05, 0) is 18.2 Å². The summed E-state index contributed by atoms with van der Waals surface area (Å²) in [5.41, 5.74) is -0.100. The number of halogens is 4. The number of aromatic nitrogens is 1. The number of phenolic OH excluding ortho intramolecular Hbond substituents is 1. The lowest BCUT2D eigenvalue weighted by Gasteiger charge is -2.07. The van der Waals surface area contributed by atoms with Crippen LogP contribution in [0.4, 0.5) is 8.78 Å². The van der Waals surface area contributed by atoms with Crippen molar-refractivity contribution in [2.75, 3.05) is 0 Å². The number of carbonyl (C=O) groups is 1. The Bertz CT molecular complexity index is 798. The van der Waals surface area contributed by atoms with Crippen LogP contribution in [0.15, 0.2) is 35.6 Å². The summed E-state index contributed by atoms with van der Waals surface area (Å²) in [6.45, 7) is -3.11. The highest BCUT2D eigenvalue weighted by Gasteiger charge is 2.13. The van der Waals surface area contributed by atoms with Gasteiger partial charge in [0.15, 0.2) is 11.5 Å². The number of phenols is 1. The number of ether oxygens (including phenoxy) is 1. The van der Waals surface area contributed by atoms with Crippen molar-refractivity contribution in [3.63, 3.8) is 0 Å². The quantitative estimate of drug-likeness (QED) is 0.819. The Kier molecular flexibility index (Phi) is 5.07. The number of amides is 1. The Morgan fingerprint density at radius 1 is 1.26 bits per heavy atom. The second-order valence-corrected chi connectivity index (χ2v) is 4.98. The molecule has 0 spiro atoms. The summed E-state index contributed by atoms with van der Waals surface area (Å²) in [4.78, 5) is 15.7. The maximum Gasteiger partial charge on any atom is 0.387 e. The summed E-state index contributed by atoms with van der Waals surface area (Å²) in [6, 6.07) is 3.06. The monoisotopic (exact) mass is 364 g/mol. The lowest BCUT2D eigenvalue weighted by atomic mass is 10.2. The van der Waals surface area contributed by atoms with Gasteiger partial charge in [-0.15, -0.1) is 0 Å². The van der Waals surface area contributed by atoms with Gasteiger partial charge < -0.3 is 15.1 Å². The van der Waals surface area contributed by atoms with Crippen molar-refractivity contribution >= 4 is 29.1 Å². The molecule has 0 fully saturated rings. The number of hydrogen-bond donors (Lipinski definition) is 2. The molecular weight excluding hydrogens is 357 g/mol. The first-order chi connectivity index (χ1) is 10.8. The molecule has 2 aromatic rings. The van der Waals surface area contributed by atoms with Crippen LogP contribution < -0.4 is 10.1 Å². The Balaban J connectivity index is 2.39. The molecule has 1 amide bonds. The van der Waals surface area contributed by atoms with E-state index in [0.717, 1.165) is 30.6 Å². The van der Waals surface area contributed by atoms with Crippen LogP contribution in [-0.2, 0) is 0 Å². The van der Waals surface area contributed by atoms with E-state index in [4.69, 9.17) is 23.2 Å². The van der Waals surface area contributed by atoms with Crippen molar-refractivity contribution in [3.05, 3.63) is 51.6 Å². The van der Waals surface area contributed by atoms with Gasteiger partial charge in [0, 0.05) is 5.56 Å².